The molecule has 0 amide bonds. The highest BCUT2D eigenvalue weighted by atomic mass is 16.6. The van der Waals surface area contributed by atoms with Crippen molar-refractivity contribution in [2.75, 3.05) is 13.7 Å². The average molecular weight is 269 g/mol. The van der Waals surface area contributed by atoms with E-state index in [0.29, 0.717) is 5.56 Å². The van der Waals surface area contributed by atoms with Crippen LogP contribution in [0.4, 0.5) is 0 Å². The summed E-state index contributed by atoms with van der Waals surface area (Å²) in [5.41, 5.74) is 0.374. The van der Waals surface area contributed by atoms with Crippen LogP contribution >= 0.6 is 0 Å². The Bertz CT molecular complexity index is 468. The van der Waals surface area contributed by atoms with E-state index in [0.717, 1.165) is 0 Å². The van der Waals surface area contributed by atoms with E-state index >= 15 is 0 Å². The largest absolute Gasteiger partial charge is 0.453 e. The maximum absolute atomic E-state index is 12.0. The van der Waals surface area contributed by atoms with E-state index in [4.69, 9.17) is 17.0 Å². The zero-order valence-electron chi connectivity index (χ0n) is 12.6. The van der Waals surface area contributed by atoms with Crippen molar-refractivity contribution >= 4 is 5.97 Å². The van der Waals surface area contributed by atoms with Gasteiger partial charge >= 0.3 is 5.97 Å². The molecule has 104 valence electrons. The summed E-state index contributed by atoms with van der Waals surface area (Å²) in [4.78, 5) is 12.0. The summed E-state index contributed by atoms with van der Waals surface area (Å²) in [5, 5.41) is 10.2. The number of ether oxygens (including phenoxy) is 3. The summed E-state index contributed by atoms with van der Waals surface area (Å²) >= 11 is 0. The molecule has 0 bridgehead atoms. The number of carbonyl (C=O) groups excluding carboxylic acids is 1. The summed E-state index contributed by atoms with van der Waals surface area (Å²) in [6, 6.07) is 8.43. The number of methoxy groups -OCH3 is 1. The van der Waals surface area contributed by atoms with Crippen molar-refractivity contribution in [2.45, 2.75) is 31.3 Å². The lowest BCUT2D eigenvalue weighted by molar-refractivity contribution is -0.190. The van der Waals surface area contributed by atoms with Gasteiger partial charge in [0.15, 0.2) is 6.10 Å². The van der Waals surface area contributed by atoms with Gasteiger partial charge in [0.1, 0.15) is 12.2 Å². The van der Waals surface area contributed by atoms with Crippen LogP contribution in [-0.4, -0.2) is 49.2 Å². The van der Waals surface area contributed by atoms with Crippen LogP contribution in [0.3, 0.4) is 0 Å². The highest BCUT2D eigenvalue weighted by Gasteiger charge is 2.40. The Morgan fingerprint density at radius 1 is 1.58 bits per heavy atom. The first kappa shape index (κ1) is 11.4. The van der Waals surface area contributed by atoms with Crippen molar-refractivity contribution in [2.24, 2.45) is 0 Å². The highest BCUT2D eigenvalue weighted by Crippen LogP contribution is 2.21. The third-order valence-electron chi connectivity index (χ3n) is 3.13. The smallest absolute Gasteiger partial charge is 0.338 e. The summed E-state index contributed by atoms with van der Waals surface area (Å²) in [5.74, 6) is -0.566. The standard InChI is InChI=1S/C14H18O5/c1-9-13(12(15)11(17-2)8-18-9)19-14(16)10-6-4-3-5-7-10/h3-7,9,11-13,15H,8H2,1-2H3/i2TD. The third kappa shape index (κ3) is 3.12. The highest BCUT2D eigenvalue weighted by molar-refractivity contribution is 5.89. The molecule has 0 aromatic heterocycles. The average Bonchev–Trinajstić information content (AvgIpc) is 2.47. The third-order valence-corrected chi connectivity index (χ3v) is 3.13. The molecule has 1 aromatic rings. The topological polar surface area (TPSA) is 65.0 Å². The number of aliphatic hydroxyl groups is 1. The predicted octanol–water partition coefficient (Wildman–Crippen LogP) is 1.01. The molecule has 1 heterocycles. The molecule has 0 saturated carbocycles. The molecule has 5 atom stereocenters. The molecule has 1 aliphatic heterocycles. The van der Waals surface area contributed by atoms with E-state index < -0.39 is 37.4 Å². The second-order valence-electron chi connectivity index (χ2n) is 4.44. The van der Waals surface area contributed by atoms with Crippen LogP contribution in [0.5, 0.6) is 0 Å². The number of hydrogen-bond acceptors (Lipinski definition) is 5. The van der Waals surface area contributed by atoms with Crippen molar-refractivity contribution in [3.05, 3.63) is 35.9 Å². The van der Waals surface area contributed by atoms with Gasteiger partial charge in [-0.25, -0.2) is 4.79 Å². The van der Waals surface area contributed by atoms with Crippen molar-refractivity contribution in [3.63, 3.8) is 0 Å². The first-order valence-corrected chi connectivity index (χ1v) is 6.04. The van der Waals surface area contributed by atoms with Gasteiger partial charge in [-0.15, -0.1) is 0 Å². The molecular formula is C14H18O5. The lowest BCUT2D eigenvalue weighted by Crippen LogP contribution is -2.54. The minimum atomic E-state index is -1.54. The summed E-state index contributed by atoms with van der Waals surface area (Å²) in [6.45, 7) is 1.73. The van der Waals surface area contributed by atoms with Gasteiger partial charge in [-0.1, -0.05) is 18.2 Å². The second kappa shape index (κ2) is 6.14. The molecule has 1 aromatic carbocycles. The van der Waals surface area contributed by atoms with Crippen LogP contribution in [0.1, 0.15) is 20.0 Å². The lowest BCUT2D eigenvalue weighted by atomic mass is 10.0. The van der Waals surface area contributed by atoms with Crippen LogP contribution in [0.2, 0.25) is 0 Å². The van der Waals surface area contributed by atoms with Crippen LogP contribution < -0.4 is 0 Å². The van der Waals surface area contributed by atoms with Gasteiger partial charge in [-0.05, 0) is 19.1 Å². The predicted molar refractivity (Wildman–Crippen MR) is 67.9 cm³/mol. The van der Waals surface area contributed by atoms with Gasteiger partial charge in [-0.2, -0.15) is 0 Å². The van der Waals surface area contributed by atoms with Crippen LogP contribution in [0.15, 0.2) is 30.3 Å². The van der Waals surface area contributed by atoms with E-state index in [9.17, 15) is 9.90 Å². The monoisotopic (exact) mass is 269 g/mol. The first-order chi connectivity index (χ1) is 9.99. The molecule has 0 aliphatic carbocycles. The van der Waals surface area contributed by atoms with Crippen molar-refractivity contribution in [3.8, 4) is 0 Å². The number of aliphatic hydroxyl groups excluding tert-OH is 1. The minimum absolute atomic E-state index is 0.0516. The number of carbonyl (C=O) groups is 1. The Morgan fingerprint density at radius 2 is 2.32 bits per heavy atom. The molecule has 1 aliphatic rings. The molecule has 5 unspecified atom stereocenters. The Balaban J connectivity index is 2.04. The molecule has 1 saturated heterocycles. The molecule has 5 nitrogen and oxygen atoms in total. The fourth-order valence-electron chi connectivity index (χ4n) is 1.98. The van der Waals surface area contributed by atoms with Gasteiger partial charge in [0.2, 0.25) is 0 Å². The fourth-order valence-corrected chi connectivity index (χ4v) is 1.98. The Hall–Kier alpha value is -1.43. The van der Waals surface area contributed by atoms with Crippen molar-refractivity contribution in [1.82, 2.24) is 0 Å². The number of rotatable bonds is 3. The van der Waals surface area contributed by atoms with Gasteiger partial charge in [0.05, 0.1) is 21.0 Å². The normalized spacial score (nSPS) is 34.0. The van der Waals surface area contributed by atoms with Crippen LogP contribution in [-0.2, 0) is 14.2 Å². The minimum Gasteiger partial charge on any atom is -0.453 e. The molecule has 1 N–H and O–H groups in total. The van der Waals surface area contributed by atoms with Crippen LogP contribution in [0.25, 0.3) is 0 Å². The maximum Gasteiger partial charge on any atom is 0.338 e. The molecule has 0 radical (unpaired) electrons. The maximum atomic E-state index is 12.0. The zero-order valence-corrected chi connectivity index (χ0v) is 10.6. The molecule has 1 fully saturated rings. The van der Waals surface area contributed by atoms with E-state index in [1.165, 1.54) is 0 Å². The molecular weight excluding hydrogens is 248 g/mol. The Kier molecular flexibility index (Phi) is 3.69. The van der Waals surface area contributed by atoms with Crippen molar-refractivity contribution < 1.29 is 26.9 Å². The first-order valence-electron chi connectivity index (χ1n) is 7.20. The number of benzene rings is 1. The Morgan fingerprint density at radius 3 is 3.00 bits per heavy atom. The van der Waals surface area contributed by atoms with Gasteiger partial charge in [0.25, 0.3) is 0 Å². The van der Waals surface area contributed by atoms with Gasteiger partial charge < -0.3 is 19.3 Å². The van der Waals surface area contributed by atoms with Crippen molar-refractivity contribution in [1.29, 1.82) is 0 Å². The lowest BCUT2D eigenvalue weighted by Gasteiger charge is -2.37. The zero-order chi connectivity index (χ0) is 15.4. The summed E-state index contributed by atoms with van der Waals surface area (Å²) in [7, 11) is -1.54. The van der Waals surface area contributed by atoms with Gasteiger partial charge in [0, 0.05) is 7.06 Å². The van der Waals surface area contributed by atoms with E-state index in [1.807, 2.05) is 0 Å². The quantitative estimate of drug-likeness (QED) is 0.830. The fraction of sp³-hybridized carbons (Fsp3) is 0.500. The molecule has 0 spiro atoms. The molecule has 19 heavy (non-hydrogen) atoms. The van der Waals surface area contributed by atoms with Crippen LogP contribution in [0, 0.1) is 0 Å². The number of hydrogen-bond donors (Lipinski definition) is 1. The Labute approximate surface area is 114 Å². The molecule has 2 rings (SSSR count). The summed E-state index contributed by atoms with van der Waals surface area (Å²) in [6.07, 6.45) is -3.41. The second-order valence-corrected chi connectivity index (χ2v) is 4.44. The van der Waals surface area contributed by atoms with E-state index in [1.54, 1.807) is 37.3 Å². The molecule has 5 heteroatoms. The SMILES string of the molecule is [2H]C([3H])OC1COC(C)C(OC(=O)c2ccccc2)C1O. The van der Waals surface area contributed by atoms with E-state index in [2.05, 4.69) is 0 Å². The number of esters is 1. The van der Waals surface area contributed by atoms with E-state index in [-0.39, 0.29) is 6.61 Å². The van der Waals surface area contributed by atoms with Gasteiger partial charge in [-0.3, -0.25) is 0 Å². The summed E-state index contributed by atoms with van der Waals surface area (Å²) < 4.78 is 29.7.